The Hall–Kier alpha value is -4.51. The topological polar surface area (TPSA) is 113 Å². The Kier molecular flexibility index (Phi) is 8.22. The number of ether oxygens (including phenoxy) is 4. The molecule has 2 aromatic carbocycles. The minimum atomic E-state index is -0.893. The van der Waals surface area contributed by atoms with Crippen molar-refractivity contribution in [1.29, 1.82) is 0 Å². The Labute approximate surface area is 263 Å². The van der Waals surface area contributed by atoms with Crippen LogP contribution in [0.3, 0.4) is 0 Å². The van der Waals surface area contributed by atoms with E-state index in [0.29, 0.717) is 91.1 Å². The second-order valence-corrected chi connectivity index (χ2v) is 12.2. The molecule has 1 N–H and O–H groups in total. The zero-order chi connectivity index (χ0) is 32.0. The van der Waals surface area contributed by atoms with Gasteiger partial charge in [-0.15, -0.1) is 0 Å². The van der Waals surface area contributed by atoms with E-state index in [0.717, 1.165) is 11.1 Å². The van der Waals surface area contributed by atoms with E-state index in [4.69, 9.17) is 18.9 Å². The first-order valence-corrected chi connectivity index (χ1v) is 15.3. The Morgan fingerprint density at radius 2 is 1.47 bits per heavy atom. The Morgan fingerprint density at radius 3 is 2.13 bits per heavy atom. The molecule has 0 saturated carbocycles. The van der Waals surface area contributed by atoms with Crippen LogP contribution in [0.25, 0.3) is 0 Å². The third-order valence-electron chi connectivity index (χ3n) is 8.78. The fraction of sp³-hybridized carbons (Fsp3) is 0.441. The standard InChI is InChI=1S/C34H40N4O7/c1-19(2)38-26-15-31(29(43-6)13-24(26)33(40)37-18-21(4)11-27(37)34(38)41)45-9-7-8-44-30-14-25-23(12-28(30)42-5)32(39)36-17-20(3)10-22(36)16-35-25/h12-16,19,22,27,34,41H,3-4,7-11,17-18H2,1-2,5-6H3/t22-,27-,34-/m0/s1. The number of hydrogen-bond acceptors (Lipinski definition) is 9. The van der Waals surface area contributed by atoms with Crippen LogP contribution in [0.1, 0.15) is 53.8 Å². The predicted molar refractivity (Wildman–Crippen MR) is 171 cm³/mol. The summed E-state index contributed by atoms with van der Waals surface area (Å²) in [4.78, 5) is 36.8. The molecule has 11 heteroatoms. The number of carbonyl (C=O) groups excluding carboxylic acids is 2. The molecule has 0 bridgehead atoms. The fourth-order valence-electron chi connectivity index (χ4n) is 6.62. The van der Waals surface area contributed by atoms with E-state index in [1.54, 1.807) is 40.3 Å². The van der Waals surface area contributed by atoms with E-state index in [1.165, 1.54) is 14.2 Å². The summed E-state index contributed by atoms with van der Waals surface area (Å²) >= 11 is 0. The van der Waals surface area contributed by atoms with Crippen LogP contribution in [0.15, 0.2) is 53.6 Å². The molecule has 11 nitrogen and oxygen atoms in total. The van der Waals surface area contributed by atoms with Gasteiger partial charge in [-0.25, -0.2) is 0 Å². The van der Waals surface area contributed by atoms with Gasteiger partial charge in [0.2, 0.25) is 0 Å². The summed E-state index contributed by atoms with van der Waals surface area (Å²) in [5.74, 6) is 1.56. The number of rotatable bonds is 9. The van der Waals surface area contributed by atoms with Gasteiger partial charge >= 0.3 is 0 Å². The normalized spacial score (nSPS) is 22.2. The number of aliphatic hydroxyl groups excluding tert-OH is 1. The van der Waals surface area contributed by atoms with E-state index in [2.05, 4.69) is 18.2 Å². The van der Waals surface area contributed by atoms with E-state index < -0.39 is 6.23 Å². The molecule has 4 aliphatic heterocycles. The molecular formula is C34H40N4O7. The van der Waals surface area contributed by atoms with E-state index in [-0.39, 0.29) is 29.9 Å². The Balaban J connectivity index is 1.16. The van der Waals surface area contributed by atoms with Crippen LogP contribution >= 0.6 is 0 Å². The molecule has 0 aromatic heterocycles. The quantitative estimate of drug-likeness (QED) is 0.327. The third-order valence-corrected chi connectivity index (χ3v) is 8.78. The summed E-state index contributed by atoms with van der Waals surface area (Å²) in [6.45, 7) is 13.6. The lowest BCUT2D eigenvalue weighted by Gasteiger charge is -2.36. The van der Waals surface area contributed by atoms with E-state index in [1.807, 2.05) is 18.7 Å². The number of anilines is 1. The molecule has 3 atom stereocenters. The van der Waals surface area contributed by atoms with Gasteiger partial charge in [0.15, 0.2) is 23.0 Å². The molecule has 0 radical (unpaired) electrons. The van der Waals surface area contributed by atoms with Gasteiger partial charge in [0.05, 0.1) is 62.0 Å². The maximum Gasteiger partial charge on any atom is 0.257 e. The van der Waals surface area contributed by atoms with Crippen LogP contribution in [-0.4, -0.2) is 97.8 Å². The minimum Gasteiger partial charge on any atom is -0.493 e. The lowest BCUT2D eigenvalue weighted by atomic mass is 10.1. The van der Waals surface area contributed by atoms with Crippen molar-refractivity contribution in [3.63, 3.8) is 0 Å². The van der Waals surface area contributed by atoms with Crippen LogP contribution in [0, 0.1) is 0 Å². The summed E-state index contributed by atoms with van der Waals surface area (Å²) in [5, 5.41) is 11.4. The predicted octanol–water partition coefficient (Wildman–Crippen LogP) is 4.36. The smallest absolute Gasteiger partial charge is 0.257 e. The van der Waals surface area contributed by atoms with Crippen LogP contribution in [-0.2, 0) is 0 Å². The van der Waals surface area contributed by atoms with Crippen molar-refractivity contribution in [3.8, 4) is 23.0 Å². The first-order chi connectivity index (χ1) is 21.6. The van der Waals surface area contributed by atoms with Crippen molar-refractivity contribution >= 4 is 29.4 Å². The number of methoxy groups -OCH3 is 2. The largest absolute Gasteiger partial charge is 0.493 e. The molecule has 0 spiro atoms. The highest BCUT2D eigenvalue weighted by Crippen LogP contribution is 2.43. The number of fused-ring (bicyclic) bond motifs is 4. The zero-order valence-corrected chi connectivity index (χ0v) is 26.2. The first kappa shape index (κ1) is 30.5. The number of benzene rings is 2. The SMILES string of the molecule is C=C1C[C@H]2C=Nc3cc(OCCCOc4cc5c(cc4OC)C(=O)N4CC(=C)C[C@H]4[C@H](O)N5C(C)C)c(OC)cc3C(=O)N2C1. The molecule has 238 valence electrons. The van der Waals surface area contributed by atoms with Crippen molar-refractivity contribution in [1.82, 2.24) is 9.80 Å². The van der Waals surface area contributed by atoms with Crippen LogP contribution < -0.4 is 23.8 Å². The first-order valence-electron chi connectivity index (χ1n) is 15.3. The molecular weight excluding hydrogens is 576 g/mol. The highest BCUT2D eigenvalue weighted by atomic mass is 16.5. The zero-order valence-electron chi connectivity index (χ0n) is 26.2. The molecule has 0 aliphatic carbocycles. The number of nitrogens with zero attached hydrogens (tertiary/aromatic N) is 4. The van der Waals surface area contributed by atoms with Crippen LogP contribution in [0.4, 0.5) is 11.4 Å². The number of hydrogen-bond donors (Lipinski definition) is 1. The fourth-order valence-corrected chi connectivity index (χ4v) is 6.62. The van der Waals surface area contributed by atoms with Crippen molar-refractivity contribution in [2.45, 2.75) is 57.5 Å². The maximum atomic E-state index is 13.6. The Bertz CT molecular complexity index is 1580. The lowest BCUT2D eigenvalue weighted by Crippen LogP contribution is -2.50. The number of aliphatic hydroxyl groups is 1. The molecule has 4 heterocycles. The molecule has 2 saturated heterocycles. The highest BCUT2D eigenvalue weighted by Gasteiger charge is 2.44. The van der Waals surface area contributed by atoms with Crippen molar-refractivity contribution in [3.05, 3.63) is 59.7 Å². The molecule has 2 amide bonds. The third kappa shape index (κ3) is 5.50. The molecule has 6 rings (SSSR count). The molecule has 0 unspecified atom stereocenters. The summed E-state index contributed by atoms with van der Waals surface area (Å²) in [6, 6.07) is 6.33. The Morgan fingerprint density at radius 1 is 0.867 bits per heavy atom. The summed E-state index contributed by atoms with van der Waals surface area (Å²) in [7, 11) is 3.07. The number of aliphatic imine (C=N–C) groups is 1. The second-order valence-electron chi connectivity index (χ2n) is 12.2. The van der Waals surface area contributed by atoms with Gasteiger partial charge in [0.1, 0.15) is 6.23 Å². The van der Waals surface area contributed by atoms with Crippen molar-refractivity contribution in [2.24, 2.45) is 4.99 Å². The summed E-state index contributed by atoms with van der Waals surface area (Å²) in [6.07, 6.45) is 2.69. The summed E-state index contributed by atoms with van der Waals surface area (Å²) in [5.41, 5.74) is 3.99. The highest BCUT2D eigenvalue weighted by molar-refractivity contribution is 6.04. The van der Waals surface area contributed by atoms with Crippen LogP contribution in [0.2, 0.25) is 0 Å². The van der Waals surface area contributed by atoms with E-state index >= 15 is 0 Å². The number of carbonyl (C=O) groups is 2. The van der Waals surface area contributed by atoms with Crippen molar-refractivity contribution < 1.29 is 33.6 Å². The van der Waals surface area contributed by atoms with Gasteiger partial charge in [0.25, 0.3) is 11.8 Å². The molecule has 45 heavy (non-hydrogen) atoms. The van der Waals surface area contributed by atoms with Gasteiger partial charge in [-0.2, -0.15) is 0 Å². The van der Waals surface area contributed by atoms with Crippen molar-refractivity contribution in [2.75, 3.05) is 45.4 Å². The average molecular weight is 617 g/mol. The van der Waals surface area contributed by atoms with Crippen LogP contribution in [0.5, 0.6) is 23.0 Å². The minimum absolute atomic E-state index is 0.0817. The monoisotopic (exact) mass is 616 g/mol. The summed E-state index contributed by atoms with van der Waals surface area (Å²) < 4.78 is 23.4. The molecule has 2 aromatic rings. The van der Waals surface area contributed by atoms with Gasteiger partial charge in [-0.05, 0) is 38.8 Å². The van der Waals surface area contributed by atoms with E-state index in [9.17, 15) is 14.7 Å². The van der Waals surface area contributed by atoms with Gasteiger partial charge in [-0.1, -0.05) is 24.3 Å². The van der Waals surface area contributed by atoms with Gasteiger partial charge in [0, 0.05) is 43.9 Å². The molecule has 4 aliphatic rings. The lowest BCUT2D eigenvalue weighted by molar-refractivity contribution is 0.0497. The van der Waals surface area contributed by atoms with Gasteiger partial charge < -0.3 is 38.8 Å². The number of amides is 2. The second kappa shape index (κ2) is 12.1. The molecule has 2 fully saturated rings. The van der Waals surface area contributed by atoms with Gasteiger partial charge in [-0.3, -0.25) is 14.6 Å². The maximum absolute atomic E-state index is 13.6. The average Bonchev–Trinajstić information content (AvgIpc) is 3.55.